The maximum absolute atomic E-state index is 15.0. The predicted molar refractivity (Wildman–Crippen MR) is 136 cm³/mol. The molecule has 9 heteroatoms. The quantitative estimate of drug-likeness (QED) is 0.207. The first-order valence-corrected chi connectivity index (χ1v) is 16.2. The molecule has 0 unspecified atom stereocenters. The fraction of sp³-hybridized carbons (Fsp3) is 0.577. The lowest BCUT2D eigenvalue weighted by atomic mass is 9.87. The van der Waals surface area contributed by atoms with Crippen LogP contribution in [-0.2, 0) is 18.7 Å². The summed E-state index contributed by atoms with van der Waals surface area (Å²) in [5.74, 6) is -2.69. The van der Waals surface area contributed by atoms with Crippen molar-refractivity contribution >= 4 is 18.4 Å². The van der Waals surface area contributed by atoms with E-state index in [9.17, 15) is 17.2 Å². The second kappa shape index (κ2) is 10.7. The van der Waals surface area contributed by atoms with Crippen LogP contribution in [0.25, 0.3) is 0 Å². The number of hydrogen-bond donors (Lipinski definition) is 0. The smallest absolute Gasteiger partial charge is 0.264 e. The highest BCUT2D eigenvalue weighted by atomic mass is 32.2. The summed E-state index contributed by atoms with van der Waals surface area (Å²) < 4.78 is 66.4. The van der Waals surface area contributed by atoms with Gasteiger partial charge in [0, 0.05) is 17.7 Å². The van der Waals surface area contributed by atoms with E-state index >= 15 is 0 Å². The molecule has 0 spiro atoms. The molecule has 3 atom stereocenters. The molecular weight excluding hydrogens is 488 g/mol. The van der Waals surface area contributed by atoms with Crippen LogP contribution in [0.1, 0.15) is 89.3 Å². The van der Waals surface area contributed by atoms with Gasteiger partial charge in [0.1, 0.15) is 6.10 Å². The largest absolute Gasteiger partial charge is 0.408 e. The molecule has 0 bridgehead atoms. The van der Waals surface area contributed by atoms with E-state index in [4.69, 9.17) is 8.61 Å². The van der Waals surface area contributed by atoms with Crippen molar-refractivity contribution in [3.63, 3.8) is 0 Å². The fourth-order valence-corrected chi connectivity index (χ4v) is 12.1. The summed E-state index contributed by atoms with van der Waals surface area (Å²) in [6.07, 6.45) is 1.99. The number of fused-ring (bicyclic) bond motifs is 1. The molecule has 3 rings (SSSR count). The monoisotopic (exact) mass is 525 g/mol. The van der Waals surface area contributed by atoms with Crippen LogP contribution in [0.5, 0.6) is 0 Å². The molecule has 0 N–H and O–H groups in total. The fourth-order valence-electron chi connectivity index (χ4n) is 5.98. The third kappa shape index (κ3) is 5.68. The molecular formula is C26H37F2NO4SSi. The lowest BCUT2D eigenvalue weighted by Gasteiger charge is -2.44. The zero-order valence-electron chi connectivity index (χ0n) is 21.6. The topological polar surface area (TPSA) is 65.5 Å². The molecule has 0 saturated carbocycles. The Hall–Kier alpha value is -1.68. The minimum atomic E-state index is -3.92. The van der Waals surface area contributed by atoms with Crippen LogP contribution < -0.4 is 0 Å². The van der Waals surface area contributed by atoms with Crippen molar-refractivity contribution in [3.05, 3.63) is 65.0 Å². The molecule has 0 aliphatic heterocycles. The van der Waals surface area contributed by atoms with Gasteiger partial charge in [0.25, 0.3) is 10.1 Å². The van der Waals surface area contributed by atoms with E-state index in [-0.39, 0.29) is 5.56 Å². The number of aromatic nitrogens is 1. The number of halogens is 2. The van der Waals surface area contributed by atoms with Crippen LogP contribution in [0.2, 0.25) is 16.6 Å². The van der Waals surface area contributed by atoms with Crippen LogP contribution in [0, 0.1) is 11.6 Å². The summed E-state index contributed by atoms with van der Waals surface area (Å²) in [5, 5.41) is 0. The van der Waals surface area contributed by atoms with E-state index in [1.54, 1.807) is 18.3 Å². The Labute approximate surface area is 209 Å². The Bertz CT molecular complexity index is 1120. The molecule has 0 saturated heterocycles. The summed E-state index contributed by atoms with van der Waals surface area (Å²) in [6, 6.07) is 7.44. The molecule has 1 aliphatic carbocycles. The van der Waals surface area contributed by atoms with Gasteiger partial charge in [-0.05, 0) is 47.2 Å². The van der Waals surface area contributed by atoms with Crippen molar-refractivity contribution in [2.75, 3.05) is 6.26 Å². The molecule has 1 aromatic heterocycles. The molecule has 1 aromatic carbocycles. The van der Waals surface area contributed by atoms with E-state index in [0.717, 1.165) is 12.3 Å². The van der Waals surface area contributed by atoms with Crippen molar-refractivity contribution in [1.29, 1.82) is 0 Å². The summed E-state index contributed by atoms with van der Waals surface area (Å²) in [5.41, 5.74) is 2.23. The summed E-state index contributed by atoms with van der Waals surface area (Å²) >= 11 is 0. The van der Waals surface area contributed by atoms with E-state index in [1.807, 2.05) is 0 Å². The normalized spacial score (nSPS) is 21.4. The zero-order chi connectivity index (χ0) is 26.1. The highest BCUT2D eigenvalue weighted by Crippen LogP contribution is 2.51. The van der Waals surface area contributed by atoms with E-state index < -0.39 is 48.2 Å². The Balaban J connectivity index is 2.19. The molecule has 1 aliphatic rings. The van der Waals surface area contributed by atoms with Gasteiger partial charge in [0.2, 0.25) is 8.32 Å². The Morgan fingerprint density at radius 1 is 0.943 bits per heavy atom. The Morgan fingerprint density at radius 2 is 1.54 bits per heavy atom. The van der Waals surface area contributed by atoms with E-state index in [2.05, 4.69) is 46.5 Å². The van der Waals surface area contributed by atoms with Gasteiger partial charge >= 0.3 is 0 Å². The minimum absolute atomic E-state index is 0.0918. The lowest BCUT2D eigenvalue weighted by Crippen LogP contribution is -2.48. The second-order valence-electron chi connectivity index (χ2n) is 10.4. The summed E-state index contributed by atoms with van der Waals surface area (Å²) in [6.45, 7) is 13.2. The molecule has 2 aromatic rings. The van der Waals surface area contributed by atoms with Crippen LogP contribution in [-0.4, -0.2) is 28.0 Å². The Kier molecular flexibility index (Phi) is 8.56. The molecule has 0 radical (unpaired) electrons. The number of nitrogens with zero attached hydrogens (tertiary/aromatic N) is 1. The number of pyridine rings is 1. The minimum Gasteiger partial charge on any atom is -0.408 e. The summed E-state index contributed by atoms with van der Waals surface area (Å²) in [4.78, 5) is 4.63. The highest BCUT2D eigenvalue weighted by molar-refractivity contribution is 7.86. The van der Waals surface area contributed by atoms with E-state index in [1.165, 1.54) is 12.1 Å². The molecule has 1 heterocycles. The van der Waals surface area contributed by atoms with Crippen molar-refractivity contribution in [3.8, 4) is 0 Å². The van der Waals surface area contributed by atoms with Gasteiger partial charge in [-0.3, -0.25) is 9.17 Å². The predicted octanol–water partition coefficient (Wildman–Crippen LogP) is 7.19. The Morgan fingerprint density at radius 3 is 2.11 bits per heavy atom. The highest BCUT2D eigenvalue weighted by Gasteiger charge is 2.48. The maximum atomic E-state index is 15.0. The van der Waals surface area contributed by atoms with Gasteiger partial charge in [-0.2, -0.15) is 8.42 Å². The number of hydrogen-bond acceptors (Lipinski definition) is 5. The first-order chi connectivity index (χ1) is 16.3. The van der Waals surface area contributed by atoms with Crippen molar-refractivity contribution in [2.24, 2.45) is 0 Å². The molecule has 35 heavy (non-hydrogen) atoms. The molecule has 0 amide bonds. The molecule has 194 valence electrons. The molecule has 0 fully saturated rings. The number of benzene rings is 1. The van der Waals surface area contributed by atoms with Crippen LogP contribution in [0.15, 0.2) is 36.5 Å². The van der Waals surface area contributed by atoms with Gasteiger partial charge in [-0.25, -0.2) is 8.78 Å². The van der Waals surface area contributed by atoms with Gasteiger partial charge in [-0.1, -0.05) is 59.7 Å². The van der Waals surface area contributed by atoms with Gasteiger partial charge in [-0.15, -0.1) is 0 Å². The zero-order valence-corrected chi connectivity index (χ0v) is 23.4. The van der Waals surface area contributed by atoms with Crippen LogP contribution >= 0.6 is 0 Å². The van der Waals surface area contributed by atoms with Gasteiger partial charge < -0.3 is 4.43 Å². The molecule has 5 nitrogen and oxygen atoms in total. The SMILES string of the molecule is CC(C)[Si](O[C@@H]1CC[C@@H](c2cccc(F)c2F)[C@H](OS(C)(=O)=O)c2cccnc21)(C(C)C)C(C)C. The summed E-state index contributed by atoms with van der Waals surface area (Å²) in [7, 11) is -6.24. The first-order valence-electron chi connectivity index (χ1n) is 12.2. The van der Waals surface area contributed by atoms with Crippen molar-refractivity contribution < 1.29 is 25.8 Å². The standard InChI is InChI=1S/C26H37F2NO4SSi/c1-16(2)35(17(3)4,18(5)6)33-23-14-13-20(19-10-8-12-22(27)24(19)28)26(32-34(7,30)31)21-11-9-15-29-25(21)23/h8-12,15-18,20,23,26H,13-14H2,1-7H3/t20-,23+,26-/m0/s1. The number of rotatable bonds is 8. The van der Waals surface area contributed by atoms with Crippen molar-refractivity contribution in [2.45, 2.75) is 89.1 Å². The third-order valence-electron chi connectivity index (χ3n) is 7.30. The first kappa shape index (κ1) is 27.9. The average molecular weight is 526 g/mol. The van der Waals surface area contributed by atoms with E-state index in [0.29, 0.717) is 40.7 Å². The van der Waals surface area contributed by atoms with Crippen LogP contribution in [0.3, 0.4) is 0 Å². The lowest BCUT2D eigenvalue weighted by molar-refractivity contribution is 0.154. The third-order valence-corrected chi connectivity index (χ3v) is 14.0. The average Bonchev–Trinajstić information content (AvgIpc) is 2.89. The van der Waals surface area contributed by atoms with Crippen molar-refractivity contribution in [1.82, 2.24) is 4.98 Å². The van der Waals surface area contributed by atoms with Gasteiger partial charge in [0.05, 0.1) is 18.1 Å². The second-order valence-corrected chi connectivity index (χ2v) is 17.5. The maximum Gasteiger partial charge on any atom is 0.264 e. The van der Waals surface area contributed by atoms with Gasteiger partial charge in [0.15, 0.2) is 11.6 Å². The van der Waals surface area contributed by atoms with Crippen LogP contribution in [0.4, 0.5) is 8.78 Å².